The zero-order valence-electron chi connectivity index (χ0n) is 8.27. The molecule has 1 aliphatic heterocycles. The van der Waals surface area contributed by atoms with Crippen LogP contribution in [0.15, 0.2) is 18.2 Å². The molecule has 2 rings (SSSR count). The predicted octanol–water partition coefficient (Wildman–Crippen LogP) is 0.739. The summed E-state index contributed by atoms with van der Waals surface area (Å²) in [7, 11) is 0. The molecule has 4 heteroatoms. The van der Waals surface area contributed by atoms with Gasteiger partial charge in [-0.25, -0.2) is 0 Å². The van der Waals surface area contributed by atoms with Crippen molar-refractivity contribution in [1.29, 1.82) is 0 Å². The number of carbonyl (C=O) groups excluding carboxylic acids is 1. The van der Waals surface area contributed by atoms with E-state index in [9.17, 15) is 4.79 Å². The largest absolute Gasteiger partial charge is 0.396 e. The van der Waals surface area contributed by atoms with Crippen LogP contribution in [0.25, 0.3) is 0 Å². The number of hydrogen-bond donors (Lipinski definition) is 2. The molecule has 1 unspecified atom stereocenters. The van der Waals surface area contributed by atoms with Gasteiger partial charge in [0, 0.05) is 18.6 Å². The minimum absolute atomic E-state index is 0.0491. The average molecular weight is 207 g/mol. The highest BCUT2D eigenvalue weighted by Gasteiger charge is 2.23. The number of ether oxygens (including phenoxy) is 1. The average Bonchev–Trinajstić information content (AvgIpc) is 2.61. The number of amides is 1. The summed E-state index contributed by atoms with van der Waals surface area (Å²) in [5.41, 5.74) is 7.72. The Hall–Kier alpha value is -1.39. The van der Waals surface area contributed by atoms with Crippen molar-refractivity contribution < 1.29 is 14.6 Å². The molecule has 3 N–H and O–H groups in total. The number of carbonyl (C=O) groups is 1. The third-order valence-electron chi connectivity index (χ3n) is 2.61. The van der Waals surface area contributed by atoms with Gasteiger partial charge in [-0.05, 0) is 23.3 Å². The minimum Gasteiger partial charge on any atom is -0.396 e. The summed E-state index contributed by atoms with van der Waals surface area (Å²) in [6.45, 7) is 0.586. The standard InChI is InChI=1S/C11H13NO3/c12-11(14)7-1-2-9-8(5-7)6-15-10(9)3-4-13/h1-2,5,10,13H,3-4,6H2,(H2,12,14). The molecule has 1 atom stereocenters. The fourth-order valence-electron chi connectivity index (χ4n) is 1.83. The Bertz CT molecular complexity index is 389. The van der Waals surface area contributed by atoms with E-state index in [2.05, 4.69) is 0 Å². The normalized spacial score (nSPS) is 18.9. The van der Waals surface area contributed by atoms with E-state index >= 15 is 0 Å². The van der Waals surface area contributed by atoms with Gasteiger partial charge in [-0.15, -0.1) is 0 Å². The lowest BCUT2D eigenvalue weighted by Crippen LogP contribution is -2.11. The number of aliphatic hydroxyl groups is 1. The summed E-state index contributed by atoms with van der Waals surface area (Å²) in [6, 6.07) is 5.30. The highest BCUT2D eigenvalue weighted by Crippen LogP contribution is 2.33. The molecular formula is C11H13NO3. The van der Waals surface area contributed by atoms with Crippen molar-refractivity contribution in [3.8, 4) is 0 Å². The summed E-state index contributed by atoms with van der Waals surface area (Å²) in [6.07, 6.45) is 0.537. The molecule has 0 saturated carbocycles. The summed E-state index contributed by atoms with van der Waals surface area (Å²) < 4.78 is 5.49. The third kappa shape index (κ3) is 1.86. The fourth-order valence-corrected chi connectivity index (χ4v) is 1.83. The molecule has 80 valence electrons. The van der Waals surface area contributed by atoms with E-state index in [0.29, 0.717) is 18.6 Å². The van der Waals surface area contributed by atoms with Gasteiger partial charge in [0.05, 0.1) is 12.7 Å². The molecule has 1 amide bonds. The van der Waals surface area contributed by atoms with Gasteiger partial charge >= 0.3 is 0 Å². The van der Waals surface area contributed by atoms with Crippen LogP contribution in [0.1, 0.15) is 34.0 Å². The zero-order chi connectivity index (χ0) is 10.8. The molecule has 1 aromatic carbocycles. The maximum Gasteiger partial charge on any atom is 0.248 e. The van der Waals surface area contributed by atoms with Gasteiger partial charge in [-0.3, -0.25) is 4.79 Å². The van der Waals surface area contributed by atoms with E-state index in [-0.39, 0.29) is 12.7 Å². The van der Waals surface area contributed by atoms with Crippen LogP contribution in [0.4, 0.5) is 0 Å². The maximum absolute atomic E-state index is 10.9. The topological polar surface area (TPSA) is 72.6 Å². The second kappa shape index (κ2) is 4.00. The van der Waals surface area contributed by atoms with Crippen molar-refractivity contribution in [2.45, 2.75) is 19.1 Å². The molecule has 0 aromatic heterocycles. The Morgan fingerprint density at radius 3 is 3.07 bits per heavy atom. The van der Waals surface area contributed by atoms with E-state index in [0.717, 1.165) is 11.1 Å². The van der Waals surface area contributed by atoms with Crippen LogP contribution >= 0.6 is 0 Å². The van der Waals surface area contributed by atoms with Crippen LogP contribution in [-0.2, 0) is 11.3 Å². The van der Waals surface area contributed by atoms with E-state index in [1.807, 2.05) is 6.07 Å². The van der Waals surface area contributed by atoms with Gasteiger partial charge in [0.15, 0.2) is 0 Å². The van der Waals surface area contributed by atoms with E-state index in [4.69, 9.17) is 15.6 Å². The third-order valence-corrected chi connectivity index (χ3v) is 2.61. The smallest absolute Gasteiger partial charge is 0.248 e. The summed E-state index contributed by atoms with van der Waals surface area (Å²) >= 11 is 0. The molecule has 0 bridgehead atoms. The van der Waals surface area contributed by atoms with Crippen LogP contribution < -0.4 is 5.73 Å². The quantitative estimate of drug-likeness (QED) is 0.767. The van der Waals surface area contributed by atoms with Crippen LogP contribution in [-0.4, -0.2) is 17.6 Å². The number of nitrogens with two attached hydrogens (primary N) is 1. The van der Waals surface area contributed by atoms with Crippen molar-refractivity contribution >= 4 is 5.91 Å². The first-order valence-corrected chi connectivity index (χ1v) is 4.87. The lowest BCUT2D eigenvalue weighted by atomic mass is 10.0. The molecule has 4 nitrogen and oxygen atoms in total. The number of hydrogen-bond acceptors (Lipinski definition) is 3. The van der Waals surface area contributed by atoms with Crippen molar-refractivity contribution in [3.05, 3.63) is 34.9 Å². The lowest BCUT2D eigenvalue weighted by Gasteiger charge is -2.08. The van der Waals surface area contributed by atoms with Gasteiger partial charge in [-0.2, -0.15) is 0 Å². The lowest BCUT2D eigenvalue weighted by molar-refractivity contribution is 0.0472. The molecule has 0 saturated heterocycles. The van der Waals surface area contributed by atoms with Gasteiger partial charge < -0.3 is 15.6 Å². The van der Waals surface area contributed by atoms with E-state index in [1.165, 1.54) is 0 Å². The first-order chi connectivity index (χ1) is 7.22. The number of primary amides is 1. The van der Waals surface area contributed by atoms with Crippen LogP contribution in [0.3, 0.4) is 0 Å². The Balaban J connectivity index is 2.29. The van der Waals surface area contributed by atoms with Crippen LogP contribution in [0.5, 0.6) is 0 Å². The monoisotopic (exact) mass is 207 g/mol. The predicted molar refractivity (Wildman–Crippen MR) is 54.2 cm³/mol. The van der Waals surface area contributed by atoms with E-state index in [1.54, 1.807) is 12.1 Å². The first kappa shape index (κ1) is 10.1. The van der Waals surface area contributed by atoms with Gasteiger partial charge in [0.1, 0.15) is 0 Å². The molecule has 0 radical (unpaired) electrons. The number of aliphatic hydroxyl groups excluding tert-OH is 1. The van der Waals surface area contributed by atoms with Crippen LogP contribution in [0.2, 0.25) is 0 Å². The highest BCUT2D eigenvalue weighted by molar-refractivity contribution is 5.93. The Labute approximate surface area is 87.7 Å². The van der Waals surface area contributed by atoms with Crippen molar-refractivity contribution in [2.75, 3.05) is 6.61 Å². The molecule has 15 heavy (non-hydrogen) atoms. The first-order valence-electron chi connectivity index (χ1n) is 4.87. The number of rotatable bonds is 3. The molecule has 1 aromatic rings. The fraction of sp³-hybridized carbons (Fsp3) is 0.364. The highest BCUT2D eigenvalue weighted by atomic mass is 16.5. The zero-order valence-corrected chi connectivity index (χ0v) is 8.27. The van der Waals surface area contributed by atoms with Gasteiger partial charge in [-0.1, -0.05) is 6.07 Å². The summed E-state index contributed by atoms with van der Waals surface area (Å²) in [4.78, 5) is 10.9. The van der Waals surface area contributed by atoms with Gasteiger partial charge in [0.25, 0.3) is 0 Å². The van der Waals surface area contributed by atoms with Gasteiger partial charge in [0.2, 0.25) is 5.91 Å². The SMILES string of the molecule is NC(=O)c1ccc2c(c1)COC2CCO. The summed E-state index contributed by atoms with van der Waals surface area (Å²) in [5, 5.41) is 8.84. The maximum atomic E-state index is 10.9. The van der Waals surface area contributed by atoms with Crippen molar-refractivity contribution in [3.63, 3.8) is 0 Å². The molecule has 1 aliphatic rings. The molecular weight excluding hydrogens is 194 g/mol. The Morgan fingerprint density at radius 1 is 1.60 bits per heavy atom. The second-order valence-electron chi connectivity index (χ2n) is 3.59. The number of benzene rings is 1. The molecule has 0 fully saturated rings. The van der Waals surface area contributed by atoms with Crippen molar-refractivity contribution in [1.82, 2.24) is 0 Å². The molecule has 0 aliphatic carbocycles. The van der Waals surface area contributed by atoms with Crippen molar-refractivity contribution in [2.24, 2.45) is 5.73 Å². The van der Waals surface area contributed by atoms with Crippen LogP contribution in [0, 0.1) is 0 Å². The summed E-state index contributed by atoms with van der Waals surface area (Å²) in [5.74, 6) is -0.427. The number of fused-ring (bicyclic) bond motifs is 1. The molecule has 1 heterocycles. The van der Waals surface area contributed by atoms with E-state index < -0.39 is 5.91 Å². The molecule has 0 spiro atoms. The second-order valence-corrected chi connectivity index (χ2v) is 3.59. The Morgan fingerprint density at radius 2 is 2.40 bits per heavy atom. The Kier molecular flexibility index (Phi) is 2.70. The minimum atomic E-state index is -0.427.